The lowest BCUT2D eigenvalue weighted by atomic mass is 10.1. The lowest BCUT2D eigenvalue weighted by Gasteiger charge is -2.35. The summed E-state index contributed by atoms with van der Waals surface area (Å²) in [5, 5.41) is 37.8. The molecule has 0 spiro atoms. The Bertz CT molecular complexity index is 805. The molecule has 1 aliphatic rings. The van der Waals surface area contributed by atoms with Crippen LogP contribution in [0.1, 0.15) is 11.6 Å². The minimum atomic E-state index is -1.06. The fraction of sp³-hybridized carbons (Fsp3) is 0.545. The van der Waals surface area contributed by atoms with Crippen molar-refractivity contribution >= 4 is 23.9 Å². The number of aliphatic carboxylic acids is 4. The van der Waals surface area contributed by atoms with Crippen molar-refractivity contribution in [2.75, 3.05) is 72.0 Å². The van der Waals surface area contributed by atoms with Crippen LogP contribution < -0.4 is 0 Å². The minimum Gasteiger partial charge on any atom is -0.480 e. The van der Waals surface area contributed by atoms with Gasteiger partial charge in [-0.25, -0.2) is 0 Å². The van der Waals surface area contributed by atoms with E-state index in [9.17, 15) is 39.6 Å². The van der Waals surface area contributed by atoms with E-state index in [4.69, 9.17) is 0 Å². The molecule has 12 heteroatoms. The van der Waals surface area contributed by atoms with Gasteiger partial charge in [0.05, 0.1) is 19.6 Å². The zero-order valence-corrected chi connectivity index (χ0v) is 19.0. The molecule has 12 nitrogen and oxygen atoms in total. The van der Waals surface area contributed by atoms with Crippen molar-refractivity contribution in [3.8, 4) is 0 Å². The van der Waals surface area contributed by atoms with Crippen LogP contribution in [-0.2, 0) is 19.2 Å². The monoisotopic (exact) mass is 480 g/mol. The number of rotatable bonds is 9. The normalized spacial score (nSPS) is 18.9. The van der Waals surface area contributed by atoms with Crippen molar-refractivity contribution in [2.45, 2.75) is 6.04 Å². The first-order valence-electron chi connectivity index (χ1n) is 11.0. The first-order valence-corrected chi connectivity index (χ1v) is 11.0. The molecule has 0 bridgehead atoms. The minimum absolute atomic E-state index is 0.235. The molecule has 0 aromatic heterocycles. The van der Waals surface area contributed by atoms with Gasteiger partial charge < -0.3 is 20.4 Å². The first kappa shape index (κ1) is 27.2. The van der Waals surface area contributed by atoms with Crippen LogP contribution in [-0.4, -0.2) is 136 Å². The number of carbonyl (C=O) groups is 4. The third-order valence-corrected chi connectivity index (χ3v) is 5.66. The zero-order valence-electron chi connectivity index (χ0n) is 19.0. The number of hydrogen-bond donors (Lipinski definition) is 4. The maximum atomic E-state index is 12.2. The highest BCUT2D eigenvalue weighted by molar-refractivity contribution is 5.75. The first-order chi connectivity index (χ1) is 16.2. The third-order valence-electron chi connectivity index (χ3n) is 5.66. The Hall–Kier alpha value is -3.06. The van der Waals surface area contributed by atoms with Crippen LogP contribution >= 0.6 is 0 Å². The van der Waals surface area contributed by atoms with Crippen molar-refractivity contribution in [2.24, 2.45) is 0 Å². The molecule has 0 amide bonds. The summed E-state index contributed by atoms with van der Waals surface area (Å²) >= 11 is 0. The summed E-state index contributed by atoms with van der Waals surface area (Å²) in [6.45, 7) is 1.31. The molecular formula is C22H32N4O8. The largest absolute Gasteiger partial charge is 0.480 e. The van der Waals surface area contributed by atoms with E-state index in [0.29, 0.717) is 5.56 Å². The van der Waals surface area contributed by atoms with Gasteiger partial charge >= 0.3 is 23.9 Å². The van der Waals surface area contributed by atoms with Crippen molar-refractivity contribution < 1.29 is 39.6 Å². The molecule has 1 saturated heterocycles. The van der Waals surface area contributed by atoms with Crippen LogP contribution in [0.2, 0.25) is 0 Å². The number of nitrogens with zero attached hydrogens (tertiary/aromatic N) is 4. The maximum Gasteiger partial charge on any atom is 0.325 e. The Kier molecular flexibility index (Phi) is 10.9. The van der Waals surface area contributed by atoms with Gasteiger partial charge in [-0.2, -0.15) is 0 Å². The van der Waals surface area contributed by atoms with Crippen molar-refractivity contribution in [3.05, 3.63) is 35.9 Å². The van der Waals surface area contributed by atoms with Gasteiger partial charge in [0, 0.05) is 52.4 Å². The van der Waals surface area contributed by atoms with Gasteiger partial charge in [-0.3, -0.25) is 38.8 Å². The topological polar surface area (TPSA) is 162 Å². The molecule has 4 N–H and O–H groups in total. The average molecular weight is 481 g/mol. The van der Waals surface area contributed by atoms with Crippen LogP contribution in [0.25, 0.3) is 0 Å². The molecule has 2 rings (SSSR count). The lowest BCUT2D eigenvalue weighted by molar-refractivity contribution is -0.145. The second kappa shape index (κ2) is 13.6. The quantitative estimate of drug-likeness (QED) is 0.352. The second-order valence-corrected chi connectivity index (χ2v) is 8.20. The fourth-order valence-electron chi connectivity index (χ4n) is 4.00. The van der Waals surface area contributed by atoms with E-state index in [2.05, 4.69) is 0 Å². The SMILES string of the molecule is O=C(O)CN1CCN(CC(=O)O)CCN(C(C(=O)O)c2ccccc2)CCN(CC(=O)O)CC1. The summed E-state index contributed by atoms with van der Waals surface area (Å²) < 4.78 is 0. The van der Waals surface area contributed by atoms with E-state index >= 15 is 0 Å². The van der Waals surface area contributed by atoms with Gasteiger partial charge in [-0.1, -0.05) is 30.3 Å². The van der Waals surface area contributed by atoms with Gasteiger partial charge in [0.2, 0.25) is 0 Å². The summed E-state index contributed by atoms with van der Waals surface area (Å²) in [5.74, 6) is -4.15. The molecule has 1 atom stereocenters. The van der Waals surface area contributed by atoms with Gasteiger partial charge in [-0.05, 0) is 5.56 Å². The number of benzene rings is 1. The molecule has 188 valence electrons. The predicted molar refractivity (Wildman–Crippen MR) is 121 cm³/mol. The third kappa shape index (κ3) is 9.43. The van der Waals surface area contributed by atoms with Crippen molar-refractivity contribution in [1.82, 2.24) is 19.6 Å². The standard InChI is InChI=1S/C22H32N4O8/c27-18(28)14-23-6-8-24(15-19(29)30)10-12-26(13-11-25(9-7-23)16-20(31)32)21(22(33)34)17-4-2-1-3-5-17/h1-5,21H,6-16H2,(H,27,28)(H,29,30)(H,31,32)(H,33,34). The summed E-state index contributed by atoms with van der Waals surface area (Å²) in [4.78, 5) is 52.9. The molecule has 1 fully saturated rings. The summed E-state index contributed by atoms with van der Waals surface area (Å²) in [6, 6.07) is 7.71. The summed E-state index contributed by atoms with van der Waals surface area (Å²) in [6.07, 6.45) is 0. The number of hydrogen-bond acceptors (Lipinski definition) is 8. The van der Waals surface area contributed by atoms with Crippen LogP contribution in [0.3, 0.4) is 0 Å². The molecule has 1 aromatic rings. The van der Waals surface area contributed by atoms with Gasteiger partial charge in [0.15, 0.2) is 0 Å². The van der Waals surface area contributed by atoms with E-state index < -0.39 is 29.9 Å². The van der Waals surface area contributed by atoms with Crippen LogP contribution in [0.4, 0.5) is 0 Å². The highest BCUT2D eigenvalue weighted by Crippen LogP contribution is 2.21. The Morgan fingerprint density at radius 1 is 0.618 bits per heavy atom. The highest BCUT2D eigenvalue weighted by atomic mass is 16.4. The molecule has 0 aliphatic carbocycles. The van der Waals surface area contributed by atoms with Crippen LogP contribution in [0, 0.1) is 0 Å². The molecule has 0 radical (unpaired) electrons. The summed E-state index contributed by atoms with van der Waals surface area (Å²) in [5.41, 5.74) is 0.573. The maximum absolute atomic E-state index is 12.2. The van der Waals surface area contributed by atoms with E-state index in [1.165, 1.54) is 0 Å². The molecule has 34 heavy (non-hydrogen) atoms. The van der Waals surface area contributed by atoms with Gasteiger partial charge in [0.25, 0.3) is 0 Å². The van der Waals surface area contributed by atoms with Crippen molar-refractivity contribution in [1.29, 1.82) is 0 Å². The highest BCUT2D eigenvalue weighted by Gasteiger charge is 2.29. The zero-order chi connectivity index (χ0) is 25.1. The van der Waals surface area contributed by atoms with E-state index in [-0.39, 0.29) is 72.0 Å². The predicted octanol–water partition coefficient (Wildman–Crippen LogP) is -0.712. The van der Waals surface area contributed by atoms with E-state index in [1.807, 2.05) is 0 Å². The Balaban J connectivity index is 2.30. The molecule has 0 saturated carbocycles. The molecular weight excluding hydrogens is 448 g/mol. The number of carboxylic acids is 4. The van der Waals surface area contributed by atoms with Crippen molar-refractivity contribution in [3.63, 3.8) is 0 Å². The second-order valence-electron chi connectivity index (χ2n) is 8.20. The molecule has 1 unspecified atom stereocenters. The number of carboxylic acid groups (broad SMARTS) is 4. The Labute approximate surface area is 197 Å². The Morgan fingerprint density at radius 2 is 0.971 bits per heavy atom. The molecule has 1 aromatic carbocycles. The van der Waals surface area contributed by atoms with E-state index in [1.54, 1.807) is 49.9 Å². The summed E-state index contributed by atoms with van der Waals surface area (Å²) in [7, 11) is 0. The Morgan fingerprint density at radius 3 is 1.29 bits per heavy atom. The fourth-order valence-corrected chi connectivity index (χ4v) is 4.00. The molecule has 1 aliphatic heterocycles. The molecule has 1 heterocycles. The van der Waals surface area contributed by atoms with Gasteiger partial charge in [0.1, 0.15) is 6.04 Å². The van der Waals surface area contributed by atoms with Crippen LogP contribution in [0.15, 0.2) is 30.3 Å². The van der Waals surface area contributed by atoms with E-state index in [0.717, 1.165) is 0 Å². The van der Waals surface area contributed by atoms with Crippen LogP contribution in [0.5, 0.6) is 0 Å². The average Bonchev–Trinajstić information content (AvgIpc) is 2.75. The smallest absolute Gasteiger partial charge is 0.325 e. The lowest BCUT2D eigenvalue weighted by Crippen LogP contribution is -2.49. The van der Waals surface area contributed by atoms with Gasteiger partial charge in [-0.15, -0.1) is 0 Å².